The molecule has 3 heteroatoms. The summed E-state index contributed by atoms with van der Waals surface area (Å²) in [5.74, 6) is 0.877. The highest BCUT2D eigenvalue weighted by molar-refractivity contribution is 5.76. The van der Waals surface area contributed by atoms with Crippen molar-refractivity contribution in [2.24, 2.45) is 11.7 Å². The fraction of sp³-hybridized carbons (Fsp3) is 0.533. The summed E-state index contributed by atoms with van der Waals surface area (Å²) in [4.78, 5) is 14.1. The fourth-order valence-electron chi connectivity index (χ4n) is 2.32. The van der Waals surface area contributed by atoms with Crippen molar-refractivity contribution in [3.05, 3.63) is 35.9 Å². The first kappa shape index (κ1) is 13.1. The molecule has 1 amide bonds. The molecule has 0 heterocycles. The summed E-state index contributed by atoms with van der Waals surface area (Å²) in [6, 6.07) is 10.1. The summed E-state index contributed by atoms with van der Waals surface area (Å²) in [6.07, 6.45) is 4.42. The molecule has 1 aliphatic rings. The third-order valence-corrected chi connectivity index (χ3v) is 3.66. The molecular formula is C15H22N2O. The summed E-state index contributed by atoms with van der Waals surface area (Å²) in [7, 11) is 0. The largest absolute Gasteiger partial charge is 0.337 e. The van der Waals surface area contributed by atoms with Crippen molar-refractivity contribution in [2.45, 2.75) is 32.2 Å². The van der Waals surface area contributed by atoms with E-state index in [0.717, 1.165) is 0 Å². The average molecular weight is 246 g/mol. The van der Waals surface area contributed by atoms with Crippen LogP contribution in [0.5, 0.6) is 0 Å². The van der Waals surface area contributed by atoms with Gasteiger partial charge in [-0.25, -0.2) is 0 Å². The van der Waals surface area contributed by atoms with E-state index in [9.17, 15) is 4.79 Å². The van der Waals surface area contributed by atoms with Gasteiger partial charge >= 0.3 is 0 Å². The van der Waals surface area contributed by atoms with Gasteiger partial charge in [-0.3, -0.25) is 4.79 Å². The molecule has 1 saturated carbocycles. The Morgan fingerprint density at radius 2 is 2.00 bits per heavy atom. The molecule has 98 valence electrons. The third-order valence-electron chi connectivity index (χ3n) is 3.66. The summed E-state index contributed by atoms with van der Waals surface area (Å²) in [6.45, 7) is 1.87. The van der Waals surface area contributed by atoms with Crippen molar-refractivity contribution < 1.29 is 4.79 Å². The third kappa shape index (κ3) is 3.57. The molecule has 0 saturated heterocycles. The maximum absolute atomic E-state index is 12.2. The zero-order valence-corrected chi connectivity index (χ0v) is 10.8. The number of hydrogen-bond acceptors (Lipinski definition) is 2. The lowest BCUT2D eigenvalue weighted by Crippen LogP contribution is -2.36. The van der Waals surface area contributed by atoms with E-state index in [-0.39, 0.29) is 5.91 Å². The van der Waals surface area contributed by atoms with Crippen LogP contribution in [0, 0.1) is 5.92 Å². The molecule has 0 aromatic heterocycles. The molecule has 0 atom stereocenters. The minimum Gasteiger partial charge on any atom is -0.337 e. The molecule has 2 N–H and O–H groups in total. The maximum atomic E-state index is 12.2. The Hall–Kier alpha value is -1.35. The van der Waals surface area contributed by atoms with Gasteiger partial charge in [-0.15, -0.1) is 0 Å². The predicted molar refractivity (Wildman–Crippen MR) is 72.9 cm³/mol. The number of carbonyl (C=O) groups is 1. The van der Waals surface area contributed by atoms with Gasteiger partial charge in [0.1, 0.15) is 0 Å². The SMILES string of the molecule is NCCN(Cc1ccccc1)C(=O)CC1CCC1. The van der Waals surface area contributed by atoms with Crippen LogP contribution in [-0.2, 0) is 11.3 Å². The van der Waals surface area contributed by atoms with Crippen LogP contribution in [0.25, 0.3) is 0 Å². The molecule has 0 spiro atoms. The van der Waals surface area contributed by atoms with Crippen molar-refractivity contribution in [3.8, 4) is 0 Å². The summed E-state index contributed by atoms with van der Waals surface area (Å²) < 4.78 is 0. The van der Waals surface area contributed by atoms with Crippen molar-refractivity contribution in [2.75, 3.05) is 13.1 Å². The molecule has 18 heavy (non-hydrogen) atoms. The molecule has 0 bridgehead atoms. The van der Waals surface area contributed by atoms with Crippen LogP contribution < -0.4 is 5.73 Å². The van der Waals surface area contributed by atoms with Gasteiger partial charge in [0.05, 0.1) is 0 Å². The Morgan fingerprint density at radius 3 is 2.56 bits per heavy atom. The number of benzene rings is 1. The average Bonchev–Trinajstić information content (AvgIpc) is 2.34. The molecule has 1 fully saturated rings. The van der Waals surface area contributed by atoms with Crippen LogP contribution in [0.3, 0.4) is 0 Å². The minimum absolute atomic E-state index is 0.258. The molecule has 1 aliphatic carbocycles. The quantitative estimate of drug-likeness (QED) is 0.836. The first-order valence-electron chi connectivity index (χ1n) is 6.81. The second-order valence-corrected chi connectivity index (χ2v) is 5.09. The summed E-state index contributed by atoms with van der Waals surface area (Å²) in [5.41, 5.74) is 6.78. The standard InChI is InChI=1S/C15H22N2O/c16-9-10-17(12-14-5-2-1-3-6-14)15(18)11-13-7-4-8-13/h1-3,5-6,13H,4,7-12,16H2. The molecule has 3 nitrogen and oxygen atoms in total. The first-order chi connectivity index (χ1) is 8.79. The van der Waals surface area contributed by atoms with Crippen LogP contribution >= 0.6 is 0 Å². The van der Waals surface area contributed by atoms with Gasteiger partial charge in [0.2, 0.25) is 5.91 Å². The Bertz CT molecular complexity index is 373. The Morgan fingerprint density at radius 1 is 1.28 bits per heavy atom. The fourth-order valence-corrected chi connectivity index (χ4v) is 2.32. The van der Waals surface area contributed by atoms with Crippen molar-refractivity contribution in [3.63, 3.8) is 0 Å². The maximum Gasteiger partial charge on any atom is 0.223 e. The Balaban J connectivity index is 1.91. The first-order valence-corrected chi connectivity index (χ1v) is 6.81. The number of nitrogens with zero attached hydrogens (tertiary/aromatic N) is 1. The van der Waals surface area contributed by atoms with Gasteiger partial charge in [0, 0.05) is 26.1 Å². The number of carbonyl (C=O) groups excluding carboxylic acids is 1. The van der Waals surface area contributed by atoms with Crippen LogP contribution in [0.1, 0.15) is 31.2 Å². The molecule has 1 aromatic carbocycles. The number of rotatable bonds is 6. The second-order valence-electron chi connectivity index (χ2n) is 5.09. The lowest BCUT2D eigenvalue weighted by Gasteiger charge is -2.29. The van der Waals surface area contributed by atoms with E-state index < -0.39 is 0 Å². The Kier molecular flexibility index (Phi) is 4.76. The van der Waals surface area contributed by atoms with E-state index in [1.807, 2.05) is 23.1 Å². The van der Waals surface area contributed by atoms with Crippen molar-refractivity contribution in [1.82, 2.24) is 4.90 Å². The smallest absolute Gasteiger partial charge is 0.223 e. The van der Waals surface area contributed by atoms with Gasteiger partial charge in [-0.1, -0.05) is 36.8 Å². The highest BCUT2D eigenvalue weighted by Gasteiger charge is 2.23. The van der Waals surface area contributed by atoms with E-state index in [2.05, 4.69) is 12.1 Å². The van der Waals surface area contributed by atoms with Crippen LogP contribution in [0.2, 0.25) is 0 Å². The van der Waals surface area contributed by atoms with E-state index in [0.29, 0.717) is 32.0 Å². The topological polar surface area (TPSA) is 46.3 Å². The monoisotopic (exact) mass is 246 g/mol. The van der Waals surface area contributed by atoms with Crippen molar-refractivity contribution in [1.29, 1.82) is 0 Å². The number of amides is 1. The lowest BCUT2D eigenvalue weighted by atomic mass is 9.82. The van der Waals surface area contributed by atoms with E-state index in [1.165, 1.54) is 24.8 Å². The molecule has 0 aliphatic heterocycles. The Labute approximate surface area is 109 Å². The molecular weight excluding hydrogens is 224 g/mol. The second kappa shape index (κ2) is 6.55. The molecule has 1 aromatic rings. The number of nitrogens with two attached hydrogens (primary N) is 1. The number of hydrogen-bond donors (Lipinski definition) is 1. The zero-order valence-electron chi connectivity index (χ0n) is 10.8. The molecule has 0 unspecified atom stereocenters. The van der Waals surface area contributed by atoms with Gasteiger partial charge in [0.25, 0.3) is 0 Å². The lowest BCUT2D eigenvalue weighted by molar-refractivity contribution is -0.133. The highest BCUT2D eigenvalue weighted by Crippen LogP contribution is 2.30. The van der Waals surface area contributed by atoms with E-state index in [4.69, 9.17) is 5.73 Å². The van der Waals surface area contributed by atoms with Crippen LogP contribution in [-0.4, -0.2) is 23.9 Å². The van der Waals surface area contributed by atoms with Crippen LogP contribution in [0.4, 0.5) is 0 Å². The minimum atomic E-state index is 0.258. The van der Waals surface area contributed by atoms with Gasteiger partial charge in [0.15, 0.2) is 0 Å². The molecule has 0 radical (unpaired) electrons. The highest BCUT2D eigenvalue weighted by atomic mass is 16.2. The predicted octanol–water partition coefficient (Wildman–Crippen LogP) is 2.16. The normalized spacial score (nSPS) is 15.2. The van der Waals surface area contributed by atoms with E-state index in [1.54, 1.807) is 0 Å². The van der Waals surface area contributed by atoms with Gasteiger partial charge in [-0.05, 0) is 24.3 Å². The van der Waals surface area contributed by atoms with E-state index >= 15 is 0 Å². The van der Waals surface area contributed by atoms with Crippen molar-refractivity contribution >= 4 is 5.91 Å². The summed E-state index contributed by atoms with van der Waals surface area (Å²) >= 11 is 0. The molecule has 2 rings (SSSR count). The van der Waals surface area contributed by atoms with Gasteiger partial charge < -0.3 is 10.6 Å². The zero-order chi connectivity index (χ0) is 12.8. The summed E-state index contributed by atoms with van der Waals surface area (Å²) in [5, 5.41) is 0. The van der Waals surface area contributed by atoms with Crippen LogP contribution in [0.15, 0.2) is 30.3 Å². The van der Waals surface area contributed by atoms with Gasteiger partial charge in [-0.2, -0.15) is 0 Å².